The van der Waals surface area contributed by atoms with Crippen LogP contribution in [0.5, 0.6) is 0 Å². The molecule has 0 bridgehead atoms. The number of halogens is 3. The third-order valence-electron chi connectivity index (χ3n) is 3.03. The smallest absolute Gasteiger partial charge is 0.390 e. The molecule has 0 aliphatic rings. The molecule has 122 valence electrons. The van der Waals surface area contributed by atoms with Gasteiger partial charge in [0.15, 0.2) is 0 Å². The van der Waals surface area contributed by atoms with Crippen LogP contribution in [-0.4, -0.2) is 46.6 Å². The molecule has 10 heteroatoms. The van der Waals surface area contributed by atoms with Gasteiger partial charge >= 0.3 is 6.18 Å². The van der Waals surface area contributed by atoms with Crippen LogP contribution in [0.4, 0.5) is 13.2 Å². The number of nitrogens with zero attached hydrogens (tertiary/aromatic N) is 3. The zero-order valence-corrected chi connectivity index (χ0v) is 12.2. The molecule has 2 N–H and O–H groups in total. The molecule has 1 unspecified atom stereocenters. The van der Waals surface area contributed by atoms with Gasteiger partial charge in [-0.2, -0.15) is 13.2 Å². The van der Waals surface area contributed by atoms with E-state index in [2.05, 4.69) is 15.6 Å². The van der Waals surface area contributed by atoms with Crippen molar-refractivity contribution in [3.63, 3.8) is 0 Å². The lowest BCUT2D eigenvalue weighted by Gasteiger charge is -2.08. The monoisotopic (exact) mass is 326 g/mol. The van der Waals surface area contributed by atoms with Gasteiger partial charge in [0.05, 0.1) is 24.3 Å². The number of aliphatic hydroxyl groups is 1. The van der Waals surface area contributed by atoms with E-state index < -0.39 is 31.1 Å². The Morgan fingerprint density at radius 2 is 2.00 bits per heavy atom. The zero-order valence-electron chi connectivity index (χ0n) is 12.2. The van der Waals surface area contributed by atoms with E-state index in [9.17, 15) is 23.1 Å². The van der Waals surface area contributed by atoms with E-state index in [0.29, 0.717) is 11.4 Å². The maximum absolute atomic E-state index is 12.0. The van der Waals surface area contributed by atoms with Crippen LogP contribution in [-0.2, 0) is 0 Å². The predicted octanol–water partition coefficient (Wildman–Crippen LogP) is 0.574. The van der Waals surface area contributed by atoms with E-state index in [0.717, 1.165) is 0 Å². The molecule has 0 radical (unpaired) electrons. The lowest BCUT2D eigenvalue weighted by atomic mass is 9.98. The van der Waals surface area contributed by atoms with E-state index in [-0.39, 0.29) is 5.56 Å². The summed E-state index contributed by atoms with van der Waals surface area (Å²) in [6.07, 6.45) is -3.83. The Bertz CT molecular complexity index is 671. The second kappa shape index (κ2) is 6.82. The van der Waals surface area contributed by atoms with Crippen molar-refractivity contribution in [1.29, 1.82) is 0 Å². The van der Waals surface area contributed by atoms with Crippen molar-refractivity contribution < 1.29 is 23.1 Å². The third-order valence-corrected chi connectivity index (χ3v) is 3.03. The number of nitrogens with one attached hydrogen (secondary N) is 1. The minimum Gasteiger partial charge on any atom is -0.396 e. The molecule has 2 rings (SSSR count). The average molecular weight is 326 g/mol. The number of hydrogen-bond acceptors (Lipinski definition) is 4. The molecular weight excluding hydrogens is 312 g/mol. The summed E-state index contributed by atoms with van der Waals surface area (Å²) >= 11 is 0. The molecule has 0 fully saturated rings. The lowest BCUT2D eigenvalue weighted by molar-refractivity contribution is -0.132. The largest absolute Gasteiger partial charge is 0.396 e. The number of benzene rings is 1. The molecule has 0 aliphatic carbocycles. The first kappa shape index (κ1) is 17.0. The number of alkyl halides is 3. The van der Waals surface area contributed by atoms with Gasteiger partial charge in [0.25, 0.3) is 5.91 Å². The number of carbonyl (C=O) groups is 1. The molecule has 0 saturated carbocycles. The van der Waals surface area contributed by atoms with E-state index in [1.807, 2.05) is 0 Å². The number of rotatable bonds is 5. The SMILES string of the molecule is BC(O)c1cn(-c2ccc(C(=O)NCCC(F)(F)F)cc2)nn1. The van der Waals surface area contributed by atoms with Gasteiger partial charge in [-0.05, 0) is 24.3 Å². The van der Waals surface area contributed by atoms with Crippen LogP contribution < -0.4 is 5.32 Å². The molecule has 1 aromatic carbocycles. The van der Waals surface area contributed by atoms with Crippen molar-refractivity contribution in [3.8, 4) is 5.69 Å². The van der Waals surface area contributed by atoms with Crippen molar-refractivity contribution in [3.05, 3.63) is 41.7 Å². The quantitative estimate of drug-likeness (QED) is 0.788. The van der Waals surface area contributed by atoms with Gasteiger partial charge in [-0.3, -0.25) is 4.79 Å². The predicted molar refractivity (Wildman–Crippen MR) is 77.9 cm³/mol. The zero-order chi connectivity index (χ0) is 17.0. The summed E-state index contributed by atoms with van der Waals surface area (Å²) in [4.78, 5) is 11.7. The summed E-state index contributed by atoms with van der Waals surface area (Å²) < 4.78 is 37.5. The Kier molecular flexibility index (Phi) is 5.04. The molecule has 1 heterocycles. The summed E-state index contributed by atoms with van der Waals surface area (Å²) in [6, 6.07) is 5.37. The molecule has 0 aliphatic heterocycles. The second-order valence-corrected chi connectivity index (χ2v) is 4.93. The van der Waals surface area contributed by atoms with Crippen LogP contribution in [0.2, 0.25) is 0 Å². The molecule has 2 aromatic rings. The summed E-state index contributed by atoms with van der Waals surface area (Å²) in [5.41, 5.74) is 1.25. The van der Waals surface area contributed by atoms with E-state index in [1.165, 1.54) is 16.8 Å². The highest BCUT2D eigenvalue weighted by Crippen LogP contribution is 2.18. The Labute approximate surface area is 130 Å². The Hall–Kier alpha value is -2.36. The Balaban J connectivity index is 1.99. The first-order valence-corrected chi connectivity index (χ1v) is 6.82. The fraction of sp³-hybridized carbons (Fsp3) is 0.308. The lowest BCUT2D eigenvalue weighted by Crippen LogP contribution is -2.27. The Morgan fingerprint density at radius 1 is 1.35 bits per heavy atom. The summed E-state index contributed by atoms with van der Waals surface area (Å²) in [5.74, 6) is -0.580. The highest BCUT2D eigenvalue weighted by atomic mass is 19.4. The number of hydrogen-bond donors (Lipinski definition) is 2. The number of carbonyl (C=O) groups excluding carboxylic acids is 1. The normalized spacial score (nSPS) is 12.9. The van der Waals surface area contributed by atoms with Crippen molar-refractivity contribution in [2.75, 3.05) is 6.54 Å². The van der Waals surface area contributed by atoms with Crippen molar-refractivity contribution >= 4 is 13.8 Å². The average Bonchev–Trinajstić information content (AvgIpc) is 2.96. The number of aliphatic hydroxyl groups excluding tert-OH is 1. The fourth-order valence-corrected chi connectivity index (χ4v) is 1.78. The maximum atomic E-state index is 12.0. The van der Waals surface area contributed by atoms with Gasteiger partial charge in [-0.25, -0.2) is 4.68 Å². The van der Waals surface area contributed by atoms with Gasteiger partial charge in [0.2, 0.25) is 0 Å². The van der Waals surface area contributed by atoms with E-state index in [1.54, 1.807) is 26.2 Å². The van der Waals surface area contributed by atoms with Gasteiger partial charge < -0.3 is 10.4 Å². The van der Waals surface area contributed by atoms with E-state index >= 15 is 0 Å². The van der Waals surface area contributed by atoms with Crippen LogP contribution in [0.1, 0.15) is 28.5 Å². The van der Waals surface area contributed by atoms with Gasteiger partial charge in [-0.15, -0.1) is 5.10 Å². The van der Waals surface area contributed by atoms with E-state index in [4.69, 9.17) is 0 Å². The van der Waals surface area contributed by atoms with Crippen molar-refractivity contribution in [2.45, 2.75) is 18.6 Å². The van der Waals surface area contributed by atoms with Crippen LogP contribution in [0, 0.1) is 0 Å². The molecule has 1 atom stereocenters. The molecule has 6 nitrogen and oxygen atoms in total. The summed E-state index contributed by atoms with van der Waals surface area (Å²) in [5, 5.41) is 19.2. The van der Waals surface area contributed by atoms with Crippen LogP contribution in [0.15, 0.2) is 30.5 Å². The maximum Gasteiger partial charge on any atom is 0.390 e. The van der Waals surface area contributed by atoms with Gasteiger partial charge in [-0.1, -0.05) is 5.21 Å². The topological polar surface area (TPSA) is 80.0 Å². The van der Waals surface area contributed by atoms with Gasteiger partial charge in [0.1, 0.15) is 13.5 Å². The number of amides is 1. The summed E-state index contributed by atoms with van der Waals surface area (Å²) in [6.45, 7) is -0.467. The third kappa shape index (κ3) is 4.81. The van der Waals surface area contributed by atoms with Crippen LogP contribution in [0.25, 0.3) is 5.69 Å². The molecule has 23 heavy (non-hydrogen) atoms. The fourth-order valence-electron chi connectivity index (χ4n) is 1.78. The number of aromatic nitrogens is 3. The highest BCUT2D eigenvalue weighted by molar-refractivity contribution is 6.10. The second-order valence-electron chi connectivity index (χ2n) is 4.93. The first-order valence-electron chi connectivity index (χ1n) is 6.82. The molecular formula is C13H14BF3N4O2. The summed E-state index contributed by atoms with van der Waals surface area (Å²) in [7, 11) is 1.56. The molecule has 0 spiro atoms. The van der Waals surface area contributed by atoms with Crippen molar-refractivity contribution in [1.82, 2.24) is 20.3 Å². The highest BCUT2D eigenvalue weighted by Gasteiger charge is 2.26. The molecule has 1 aromatic heterocycles. The van der Waals surface area contributed by atoms with Crippen LogP contribution >= 0.6 is 0 Å². The first-order chi connectivity index (χ1) is 10.8. The molecule has 0 saturated heterocycles. The van der Waals surface area contributed by atoms with Gasteiger partial charge in [0, 0.05) is 12.1 Å². The molecule has 1 amide bonds. The standard InChI is InChI=1S/C13H14BF3N4O2/c14-11(22)10-7-21(20-19-10)9-3-1-8(2-4-9)12(23)18-6-5-13(15,16)17/h1-4,7,11,22H,5-6,14H2,(H,18,23). The van der Waals surface area contributed by atoms with Crippen LogP contribution in [0.3, 0.4) is 0 Å². The minimum absolute atomic E-state index is 0.242. The minimum atomic E-state index is -4.30. The van der Waals surface area contributed by atoms with Crippen molar-refractivity contribution in [2.24, 2.45) is 0 Å². The Morgan fingerprint density at radius 3 is 2.52 bits per heavy atom.